The van der Waals surface area contributed by atoms with E-state index in [1.165, 1.54) is 57.8 Å². The minimum absolute atomic E-state index is 0.0257. The minimum Gasteiger partial charge on any atom is -0.462 e. The second kappa shape index (κ2) is 8.74. The van der Waals surface area contributed by atoms with Crippen molar-refractivity contribution in [3.63, 3.8) is 0 Å². The van der Waals surface area contributed by atoms with Gasteiger partial charge < -0.3 is 9.47 Å². The highest BCUT2D eigenvalue weighted by Gasteiger charge is 2.73. The molecule has 5 fully saturated rings. The van der Waals surface area contributed by atoms with Crippen LogP contribution >= 0.6 is 0 Å². The summed E-state index contributed by atoms with van der Waals surface area (Å²) < 4.78 is 12.8. The molecule has 0 N–H and O–H groups in total. The lowest BCUT2D eigenvalue weighted by atomic mass is 9.38. The molecule has 200 valence electrons. The zero-order valence-corrected chi connectivity index (χ0v) is 24.1. The predicted molar refractivity (Wildman–Crippen MR) is 142 cm³/mol. The Kier molecular flexibility index (Phi) is 6.50. The van der Waals surface area contributed by atoms with Crippen LogP contribution in [0.15, 0.2) is 0 Å². The first-order chi connectivity index (χ1) is 16.4. The van der Waals surface area contributed by atoms with Crippen molar-refractivity contribution in [3.05, 3.63) is 0 Å². The van der Waals surface area contributed by atoms with E-state index in [4.69, 9.17) is 9.47 Å². The summed E-state index contributed by atoms with van der Waals surface area (Å²) in [6, 6.07) is 0. The SMILES string of the molecule is CC(=O)OC1CCC23COC4CC5(C)C(C(C)CCCC(C)C)CCC5(C)C(CCC2C1(C)C)C43. The monoisotopic (exact) mass is 486 g/mol. The lowest BCUT2D eigenvalue weighted by molar-refractivity contribution is -0.203. The molecule has 0 bridgehead atoms. The molecule has 1 saturated heterocycles. The first-order valence-electron chi connectivity index (χ1n) is 15.2. The number of hydrogen-bond acceptors (Lipinski definition) is 3. The number of esters is 1. The Morgan fingerprint density at radius 2 is 1.71 bits per heavy atom. The summed E-state index contributed by atoms with van der Waals surface area (Å²) in [6.45, 7) is 20.0. The van der Waals surface area contributed by atoms with Crippen LogP contribution in [0, 0.1) is 57.2 Å². The topological polar surface area (TPSA) is 35.5 Å². The van der Waals surface area contributed by atoms with E-state index in [0.717, 1.165) is 36.7 Å². The number of ether oxygens (including phenoxy) is 2. The van der Waals surface area contributed by atoms with Gasteiger partial charge in [-0.1, -0.05) is 67.7 Å². The predicted octanol–water partition coefficient (Wildman–Crippen LogP) is 8.05. The molecule has 5 aliphatic rings. The number of carbonyl (C=O) groups is 1. The third kappa shape index (κ3) is 3.70. The van der Waals surface area contributed by atoms with E-state index in [9.17, 15) is 4.79 Å². The van der Waals surface area contributed by atoms with E-state index in [2.05, 4.69) is 48.5 Å². The highest BCUT2D eigenvalue weighted by atomic mass is 16.5. The van der Waals surface area contributed by atoms with Gasteiger partial charge in [-0.05, 0) is 91.3 Å². The van der Waals surface area contributed by atoms with Crippen LogP contribution in [-0.2, 0) is 14.3 Å². The van der Waals surface area contributed by atoms with Gasteiger partial charge in [0.15, 0.2) is 0 Å². The van der Waals surface area contributed by atoms with E-state index in [1.54, 1.807) is 6.92 Å². The molecule has 4 saturated carbocycles. The Hall–Kier alpha value is -0.570. The highest BCUT2D eigenvalue weighted by molar-refractivity contribution is 5.66. The van der Waals surface area contributed by atoms with Crippen molar-refractivity contribution in [2.75, 3.05) is 6.61 Å². The second-order valence-electron chi connectivity index (χ2n) is 15.3. The van der Waals surface area contributed by atoms with Gasteiger partial charge in [0.05, 0.1) is 12.7 Å². The molecule has 4 aliphatic carbocycles. The molecule has 0 aromatic heterocycles. The molecule has 35 heavy (non-hydrogen) atoms. The fraction of sp³-hybridized carbons (Fsp3) is 0.969. The fourth-order valence-electron chi connectivity index (χ4n) is 11.3. The van der Waals surface area contributed by atoms with Crippen molar-refractivity contribution in [3.8, 4) is 0 Å². The van der Waals surface area contributed by atoms with Crippen LogP contribution in [0.5, 0.6) is 0 Å². The summed E-state index contributed by atoms with van der Waals surface area (Å²) in [4.78, 5) is 11.9. The normalized spacial score (nSPS) is 48.7. The quantitative estimate of drug-likeness (QED) is 0.356. The molecule has 0 aromatic carbocycles. The third-order valence-electron chi connectivity index (χ3n) is 13.1. The molecule has 0 aromatic rings. The first-order valence-corrected chi connectivity index (χ1v) is 15.2. The van der Waals surface area contributed by atoms with Gasteiger partial charge in [-0.15, -0.1) is 0 Å². The minimum atomic E-state index is -0.117. The molecule has 1 aliphatic heterocycles. The van der Waals surface area contributed by atoms with Gasteiger partial charge in [0.1, 0.15) is 6.10 Å². The lowest BCUT2D eigenvalue weighted by Crippen LogP contribution is -2.64. The Morgan fingerprint density at radius 1 is 0.971 bits per heavy atom. The van der Waals surface area contributed by atoms with Gasteiger partial charge in [-0.25, -0.2) is 0 Å². The molecule has 1 spiro atoms. The van der Waals surface area contributed by atoms with Crippen molar-refractivity contribution in [2.24, 2.45) is 57.2 Å². The molecular formula is C32H54O3. The highest BCUT2D eigenvalue weighted by Crippen LogP contribution is 2.76. The molecule has 10 unspecified atom stereocenters. The van der Waals surface area contributed by atoms with Crippen molar-refractivity contribution in [1.82, 2.24) is 0 Å². The van der Waals surface area contributed by atoms with Crippen molar-refractivity contribution < 1.29 is 14.3 Å². The van der Waals surface area contributed by atoms with Gasteiger partial charge in [0.25, 0.3) is 0 Å². The van der Waals surface area contributed by atoms with Crippen molar-refractivity contribution in [2.45, 2.75) is 132 Å². The molecule has 0 amide bonds. The van der Waals surface area contributed by atoms with Gasteiger partial charge in [0.2, 0.25) is 0 Å². The number of fused-ring (bicyclic) bond motifs is 2. The molecular weight excluding hydrogens is 432 g/mol. The van der Waals surface area contributed by atoms with Gasteiger partial charge >= 0.3 is 5.97 Å². The summed E-state index contributed by atoms with van der Waals surface area (Å²) in [5, 5.41) is 0. The number of carbonyl (C=O) groups excluding carboxylic acids is 1. The van der Waals surface area contributed by atoms with Crippen molar-refractivity contribution in [1.29, 1.82) is 0 Å². The Balaban J connectivity index is 1.41. The average molecular weight is 487 g/mol. The van der Waals surface area contributed by atoms with Crippen LogP contribution < -0.4 is 0 Å². The van der Waals surface area contributed by atoms with Crippen LogP contribution in [0.4, 0.5) is 0 Å². The standard InChI is InChI=1S/C32H54O3/c1-20(2)10-9-11-21(3)23-14-16-30(7)24-12-13-26-29(5,6)27(35-22(4)33)15-17-32(26)19-34-25(28(24)32)18-31(23,30)8/h20-21,23-28H,9-19H2,1-8H3. The number of rotatable bonds is 6. The Bertz CT molecular complexity index is 818. The molecule has 1 heterocycles. The van der Waals surface area contributed by atoms with Crippen LogP contribution in [0.2, 0.25) is 0 Å². The molecule has 10 atom stereocenters. The summed E-state index contributed by atoms with van der Waals surface area (Å²) >= 11 is 0. The third-order valence-corrected chi connectivity index (χ3v) is 13.1. The van der Waals surface area contributed by atoms with E-state index < -0.39 is 0 Å². The molecule has 3 nitrogen and oxygen atoms in total. The van der Waals surface area contributed by atoms with Gasteiger partial charge in [-0.3, -0.25) is 4.79 Å². The van der Waals surface area contributed by atoms with Crippen LogP contribution in [0.25, 0.3) is 0 Å². The largest absolute Gasteiger partial charge is 0.462 e. The van der Waals surface area contributed by atoms with Crippen LogP contribution in [0.3, 0.4) is 0 Å². The first kappa shape index (κ1) is 26.1. The summed E-state index contributed by atoms with van der Waals surface area (Å²) in [5.41, 5.74) is 1.16. The van der Waals surface area contributed by atoms with E-state index >= 15 is 0 Å². The van der Waals surface area contributed by atoms with Crippen LogP contribution in [-0.4, -0.2) is 24.8 Å². The molecule has 0 radical (unpaired) electrons. The van der Waals surface area contributed by atoms with Crippen LogP contribution in [0.1, 0.15) is 120 Å². The maximum Gasteiger partial charge on any atom is 0.302 e. The zero-order chi connectivity index (χ0) is 25.4. The summed E-state index contributed by atoms with van der Waals surface area (Å²) in [7, 11) is 0. The summed E-state index contributed by atoms with van der Waals surface area (Å²) in [6.07, 6.45) is 13.5. The number of hydrogen-bond donors (Lipinski definition) is 0. The lowest BCUT2D eigenvalue weighted by Gasteiger charge is -2.66. The summed E-state index contributed by atoms with van der Waals surface area (Å²) in [5.74, 6) is 4.45. The van der Waals surface area contributed by atoms with E-state index in [0.29, 0.717) is 34.2 Å². The maximum atomic E-state index is 11.9. The van der Waals surface area contributed by atoms with Gasteiger partial charge in [-0.2, -0.15) is 0 Å². The average Bonchev–Trinajstić information content (AvgIpc) is 3.26. The second-order valence-corrected chi connectivity index (χ2v) is 15.3. The zero-order valence-electron chi connectivity index (χ0n) is 24.1. The fourth-order valence-corrected chi connectivity index (χ4v) is 11.3. The van der Waals surface area contributed by atoms with Crippen molar-refractivity contribution >= 4 is 5.97 Å². The van der Waals surface area contributed by atoms with E-state index in [-0.39, 0.29) is 17.5 Å². The Morgan fingerprint density at radius 3 is 2.40 bits per heavy atom. The maximum absolute atomic E-state index is 11.9. The Labute approximate surface area is 215 Å². The van der Waals surface area contributed by atoms with E-state index in [1.807, 2.05) is 0 Å². The smallest absolute Gasteiger partial charge is 0.302 e. The van der Waals surface area contributed by atoms with Gasteiger partial charge in [0, 0.05) is 17.8 Å². The molecule has 3 heteroatoms. The molecule has 5 rings (SSSR count).